The molecule has 0 bridgehead atoms. The Labute approximate surface area is 166 Å². The van der Waals surface area contributed by atoms with E-state index in [1.54, 1.807) is 32.4 Å². The van der Waals surface area contributed by atoms with Crippen molar-refractivity contribution in [2.24, 2.45) is 5.73 Å². The number of nitrogens with one attached hydrogen (secondary N) is 1. The van der Waals surface area contributed by atoms with Gasteiger partial charge in [0.05, 0.1) is 18.4 Å². The van der Waals surface area contributed by atoms with Crippen molar-refractivity contribution < 1.29 is 14.3 Å². The van der Waals surface area contributed by atoms with E-state index in [9.17, 15) is 9.59 Å². The van der Waals surface area contributed by atoms with E-state index in [1.807, 2.05) is 37.3 Å². The predicted molar refractivity (Wildman–Crippen MR) is 112 cm³/mol. The van der Waals surface area contributed by atoms with Crippen LogP contribution in [0.1, 0.15) is 35.7 Å². The van der Waals surface area contributed by atoms with Crippen molar-refractivity contribution in [1.82, 2.24) is 5.32 Å². The standard InChI is InChI=1S/C22H29N3O3/c1-16(23)8-13-21(26)25(2)20-7-5-4-6-19(20)22(27)24-15-14-17-9-11-18(28-3)12-10-17/h4-7,9-12,16H,8,13-15,23H2,1-3H3,(H,24,27). The maximum atomic E-state index is 12.7. The average molecular weight is 383 g/mol. The molecule has 0 aliphatic carbocycles. The molecule has 1 unspecified atom stereocenters. The summed E-state index contributed by atoms with van der Waals surface area (Å²) in [6.45, 7) is 2.37. The topological polar surface area (TPSA) is 84.7 Å². The molecule has 0 spiro atoms. The molecule has 3 N–H and O–H groups in total. The van der Waals surface area contributed by atoms with Crippen LogP contribution >= 0.6 is 0 Å². The summed E-state index contributed by atoms with van der Waals surface area (Å²) in [5.74, 6) is 0.546. The Balaban J connectivity index is 1.98. The molecule has 28 heavy (non-hydrogen) atoms. The highest BCUT2D eigenvalue weighted by Gasteiger charge is 2.18. The van der Waals surface area contributed by atoms with Crippen LogP contribution in [0.5, 0.6) is 5.75 Å². The Hall–Kier alpha value is -2.86. The molecule has 2 aromatic carbocycles. The highest BCUT2D eigenvalue weighted by atomic mass is 16.5. The van der Waals surface area contributed by atoms with Gasteiger partial charge in [-0.3, -0.25) is 9.59 Å². The molecule has 0 aliphatic heterocycles. The van der Waals surface area contributed by atoms with Crippen molar-refractivity contribution in [3.05, 3.63) is 59.7 Å². The Morgan fingerprint density at radius 1 is 1.14 bits per heavy atom. The molecular formula is C22H29N3O3. The van der Waals surface area contributed by atoms with Crippen molar-refractivity contribution in [3.63, 3.8) is 0 Å². The Morgan fingerprint density at radius 3 is 2.46 bits per heavy atom. The zero-order chi connectivity index (χ0) is 20.5. The van der Waals surface area contributed by atoms with E-state index in [0.29, 0.717) is 37.1 Å². The number of rotatable bonds is 9. The number of nitrogens with two attached hydrogens (primary N) is 1. The molecule has 2 amide bonds. The fraction of sp³-hybridized carbons (Fsp3) is 0.364. The molecular weight excluding hydrogens is 354 g/mol. The van der Waals surface area contributed by atoms with Gasteiger partial charge in [0.1, 0.15) is 5.75 Å². The highest BCUT2D eigenvalue weighted by molar-refractivity contribution is 6.04. The third-order valence-electron chi connectivity index (χ3n) is 4.56. The molecule has 0 fully saturated rings. The van der Waals surface area contributed by atoms with Crippen LogP contribution in [0.25, 0.3) is 0 Å². The molecule has 2 rings (SSSR count). The number of anilines is 1. The van der Waals surface area contributed by atoms with Gasteiger partial charge in [0, 0.05) is 26.1 Å². The van der Waals surface area contributed by atoms with Gasteiger partial charge in [-0.05, 0) is 49.6 Å². The van der Waals surface area contributed by atoms with Crippen molar-refractivity contribution in [3.8, 4) is 5.75 Å². The summed E-state index contributed by atoms with van der Waals surface area (Å²) >= 11 is 0. The minimum atomic E-state index is -0.198. The quantitative estimate of drug-likeness (QED) is 0.697. The highest BCUT2D eigenvalue weighted by Crippen LogP contribution is 2.20. The van der Waals surface area contributed by atoms with Gasteiger partial charge in [0.15, 0.2) is 0 Å². The van der Waals surface area contributed by atoms with E-state index in [2.05, 4.69) is 5.32 Å². The molecule has 0 heterocycles. The van der Waals surface area contributed by atoms with Gasteiger partial charge < -0.3 is 20.7 Å². The van der Waals surface area contributed by atoms with E-state index < -0.39 is 0 Å². The van der Waals surface area contributed by atoms with Gasteiger partial charge in [-0.25, -0.2) is 0 Å². The number of hydrogen-bond donors (Lipinski definition) is 2. The molecule has 0 saturated heterocycles. The predicted octanol–water partition coefficient (Wildman–Crippen LogP) is 2.76. The second kappa shape index (κ2) is 10.5. The van der Waals surface area contributed by atoms with Gasteiger partial charge in [-0.2, -0.15) is 0 Å². The fourth-order valence-corrected chi connectivity index (χ4v) is 2.82. The van der Waals surface area contributed by atoms with Crippen molar-refractivity contribution >= 4 is 17.5 Å². The van der Waals surface area contributed by atoms with Crippen LogP contribution < -0.4 is 20.7 Å². The average Bonchev–Trinajstić information content (AvgIpc) is 2.71. The van der Waals surface area contributed by atoms with Gasteiger partial charge in [-0.1, -0.05) is 24.3 Å². The number of carbonyl (C=O) groups excluding carboxylic acids is 2. The number of benzene rings is 2. The maximum Gasteiger partial charge on any atom is 0.253 e. The lowest BCUT2D eigenvalue weighted by atomic mass is 10.1. The SMILES string of the molecule is COc1ccc(CCNC(=O)c2ccccc2N(C)C(=O)CCC(C)N)cc1. The van der Waals surface area contributed by atoms with Crippen LogP contribution in [0.3, 0.4) is 0 Å². The molecule has 6 heteroatoms. The zero-order valence-electron chi connectivity index (χ0n) is 16.8. The maximum absolute atomic E-state index is 12.7. The van der Waals surface area contributed by atoms with Crippen LogP contribution in [0.2, 0.25) is 0 Å². The summed E-state index contributed by atoms with van der Waals surface area (Å²) in [4.78, 5) is 26.6. The van der Waals surface area contributed by atoms with E-state index in [4.69, 9.17) is 10.5 Å². The molecule has 0 aliphatic rings. The fourth-order valence-electron chi connectivity index (χ4n) is 2.82. The second-order valence-corrected chi connectivity index (χ2v) is 6.84. The molecule has 0 aromatic heterocycles. The smallest absolute Gasteiger partial charge is 0.253 e. The van der Waals surface area contributed by atoms with E-state index in [-0.39, 0.29) is 17.9 Å². The molecule has 0 saturated carbocycles. The van der Waals surface area contributed by atoms with E-state index in [0.717, 1.165) is 11.3 Å². The third kappa shape index (κ3) is 6.09. The number of methoxy groups -OCH3 is 1. The first-order valence-electron chi connectivity index (χ1n) is 9.44. The van der Waals surface area contributed by atoms with Crippen LogP contribution in [-0.2, 0) is 11.2 Å². The summed E-state index contributed by atoms with van der Waals surface area (Å²) < 4.78 is 5.15. The minimum Gasteiger partial charge on any atom is -0.497 e. The van der Waals surface area contributed by atoms with Gasteiger partial charge >= 0.3 is 0 Å². The van der Waals surface area contributed by atoms with Crippen molar-refractivity contribution in [2.45, 2.75) is 32.2 Å². The zero-order valence-corrected chi connectivity index (χ0v) is 16.8. The van der Waals surface area contributed by atoms with Gasteiger partial charge in [-0.15, -0.1) is 0 Å². The summed E-state index contributed by atoms with van der Waals surface area (Å²) in [6, 6.07) is 14.8. The molecule has 0 radical (unpaired) electrons. The monoisotopic (exact) mass is 383 g/mol. The first-order valence-corrected chi connectivity index (χ1v) is 9.44. The molecule has 1 atom stereocenters. The first-order chi connectivity index (χ1) is 13.4. The van der Waals surface area contributed by atoms with Crippen LogP contribution in [0.15, 0.2) is 48.5 Å². The van der Waals surface area contributed by atoms with E-state index >= 15 is 0 Å². The first kappa shape index (κ1) is 21.4. The third-order valence-corrected chi connectivity index (χ3v) is 4.56. The number of para-hydroxylation sites is 1. The molecule has 150 valence electrons. The summed E-state index contributed by atoms with van der Waals surface area (Å²) in [5.41, 5.74) is 7.92. The lowest BCUT2D eigenvalue weighted by molar-refractivity contribution is -0.118. The molecule has 6 nitrogen and oxygen atoms in total. The van der Waals surface area contributed by atoms with Crippen molar-refractivity contribution in [2.75, 3.05) is 25.6 Å². The lowest BCUT2D eigenvalue weighted by Gasteiger charge is -2.21. The number of nitrogens with zero attached hydrogens (tertiary/aromatic N) is 1. The summed E-state index contributed by atoms with van der Waals surface area (Å²) in [7, 11) is 3.32. The van der Waals surface area contributed by atoms with E-state index in [1.165, 1.54) is 4.90 Å². The lowest BCUT2D eigenvalue weighted by Crippen LogP contribution is -2.32. The Kier molecular flexibility index (Phi) is 8.02. The number of carbonyl (C=O) groups is 2. The largest absolute Gasteiger partial charge is 0.497 e. The normalized spacial score (nSPS) is 11.6. The Bertz CT molecular complexity index is 788. The van der Waals surface area contributed by atoms with Crippen LogP contribution in [-0.4, -0.2) is 38.6 Å². The number of hydrogen-bond acceptors (Lipinski definition) is 4. The van der Waals surface area contributed by atoms with Gasteiger partial charge in [0.2, 0.25) is 5.91 Å². The summed E-state index contributed by atoms with van der Waals surface area (Å²) in [5, 5.41) is 2.93. The Morgan fingerprint density at radius 2 is 1.82 bits per heavy atom. The molecule has 2 aromatic rings. The number of amides is 2. The number of ether oxygens (including phenoxy) is 1. The van der Waals surface area contributed by atoms with Crippen LogP contribution in [0.4, 0.5) is 5.69 Å². The van der Waals surface area contributed by atoms with Crippen molar-refractivity contribution in [1.29, 1.82) is 0 Å². The van der Waals surface area contributed by atoms with Gasteiger partial charge in [0.25, 0.3) is 5.91 Å². The summed E-state index contributed by atoms with van der Waals surface area (Å²) in [6.07, 6.45) is 1.67. The minimum absolute atomic E-state index is 0.0335. The second-order valence-electron chi connectivity index (χ2n) is 6.84. The van der Waals surface area contributed by atoms with Crippen LogP contribution in [0, 0.1) is 0 Å².